The number of carbonyl (C=O) groups excluding carboxylic acids is 2. The molecule has 1 aliphatic heterocycles. The van der Waals surface area contributed by atoms with Crippen LogP contribution in [0.15, 0.2) is 48.5 Å². The Labute approximate surface area is 143 Å². The van der Waals surface area contributed by atoms with Crippen molar-refractivity contribution < 1.29 is 14.0 Å². The Kier molecular flexibility index (Phi) is 4.66. The van der Waals surface area contributed by atoms with Crippen molar-refractivity contribution in [2.75, 3.05) is 16.8 Å². The Morgan fingerprint density at radius 1 is 1.21 bits per heavy atom. The summed E-state index contributed by atoms with van der Waals surface area (Å²) in [5, 5.41) is 5.25. The van der Waals surface area contributed by atoms with Crippen LogP contribution in [0.2, 0.25) is 5.02 Å². The van der Waals surface area contributed by atoms with Crippen LogP contribution >= 0.6 is 11.6 Å². The summed E-state index contributed by atoms with van der Waals surface area (Å²) in [7, 11) is 0. The zero-order valence-corrected chi connectivity index (χ0v) is 13.4. The lowest BCUT2D eigenvalue weighted by molar-refractivity contribution is -0.117. The minimum absolute atomic E-state index is 0.0451. The third-order valence-electron chi connectivity index (χ3n) is 3.71. The van der Waals surface area contributed by atoms with E-state index in [4.69, 9.17) is 11.6 Å². The first-order chi connectivity index (χ1) is 11.5. The lowest BCUT2D eigenvalue weighted by atomic mass is 10.2. The lowest BCUT2D eigenvalue weighted by Gasteiger charge is -2.17. The zero-order valence-electron chi connectivity index (χ0n) is 12.6. The normalized spacial score (nSPS) is 17.0. The van der Waals surface area contributed by atoms with Gasteiger partial charge in [-0.25, -0.2) is 9.18 Å². The first kappa shape index (κ1) is 16.3. The van der Waals surface area contributed by atoms with E-state index in [0.717, 1.165) is 5.69 Å². The van der Waals surface area contributed by atoms with Crippen molar-refractivity contribution in [3.05, 3.63) is 59.4 Å². The van der Waals surface area contributed by atoms with Gasteiger partial charge in [-0.15, -0.1) is 0 Å². The average molecular weight is 348 g/mol. The zero-order chi connectivity index (χ0) is 17.1. The molecule has 5 nitrogen and oxygen atoms in total. The number of benzene rings is 2. The van der Waals surface area contributed by atoms with E-state index >= 15 is 0 Å². The van der Waals surface area contributed by atoms with E-state index < -0.39 is 11.8 Å². The van der Waals surface area contributed by atoms with E-state index in [1.165, 1.54) is 18.2 Å². The molecule has 0 spiro atoms. The first-order valence-electron chi connectivity index (χ1n) is 7.41. The summed E-state index contributed by atoms with van der Waals surface area (Å²) >= 11 is 5.68. The number of hydrogen-bond donors (Lipinski definition) is 2. The van der Waals surface area contributed by atoms with Gasteiger partial charge >= 0.3 is 6.03 Å². The fourth-order valence-corrected chi connectivity index (χ4v) is 2.77. The van der Waals surface area contributed by atoms with Crippen LogP contribution in [0, 0.1) is 5.82 Å². The maximum absolute atomic E-state index is 13.1. The molecule has 1 heterocycles. The minimum atomic E-state index is -0.553. The van der Waals surface area contributed by atoms with Gasteiger partial charge in [0.25, 0.3) is 0 Å². The number of rotatable bonds is 3. The third-order valence-corrected chi connectivity index (χ3v) is 4.00. The van der Waals surface area contributed by atoms with Gasteiger partial charge < -0.3 is 15.5 Å². The average Bonchev–Trinajstić information content (AvgIpc) is 2.92. The maximum Gasteiger partial charge on any atom is 0.319 e. The second-order valence-corrected chi connectivity index (χ2v) is 5.88. The van der Waals surface area contributed by atoms with Crippen molar-refractivity contribution >= 4 is 34.9 Å². The second-order valence-electron chi connectivity index (χ2n) is 5.47. The maximum atomic E-state index is 13.1. The summed E-state index contributed by atoms with van der Waals surface area (Å²) in [5.41, 5.74) is 1.18. The molecule has 24 heavy (non-hydrogen) atoms. The fourth-order valence-electron chi connectivity index (χ4n) is 2.59. The molecule has 0 radical (unpaired) electrons. The van der Waals surface area contributed by atoms with Crippen molar-refractivity contribution in [1.82, 2.24) is 5.32 Å². The topological polar surface area (TPSA) is 61.4 Å². The SMILES string of the molecule is O=C(Nc1ccc(F)c(Cl)c1)N[C@H]1CC(=O)N(c2ccccc2)C1. The summed E-state index contributed by atoms with van der Waals surface area (Å²) < 4.78 is 13.1. The predicted octanol–water partition coefficient (Wildman–Crippen LogP) is 3.41. The molecule has 1 atom stereocenters. The monoisotopic (exact) mass is 347 g/mol. The number of para-hydroxylation sites is 1. The van der Waals surface area contributed by atoms with E-state index in [1.54, 1.807) is 4.90 Å². The number of amides is 3. The van der Waals surface area contributed by atoms with Crippen LogP contribution in [0.3, 0.4) is 0 Å². The number of nitrogens with one attached hydrogen (secondary N) is 2. The van der Waals surface area contributed by atoms with Crippen LogP contribution in [-0.2, 0) is 4.79 Å². The lowest BCUT2D eigenvalue weighted by Crippen LogP contribution is -2.39. The highest BCUT2D eigenvalue weighted by Gasteiger charge is 2.31. The van der Waals surface area contributed by atoms with Gasteiger partial charge in [0.2, 0.25) is 5.91 Å². The van der Waals surface area contributed by atoms with Crippen LogP contribution in [0.1, 0.15) is 6.42 Å². The summed E-state index contributed by atoms with van der Waals surface area (Å²) in [6.07, 6.45) is 0.229. The van der Waals surface area contributed by atoms with Gasteiger partial charge in [0.1, 0.15) is 5.82 Å². The number of nitrogens with zero attached hydrogens (tertiary/aromatic N) is 1. The molecule has 3 rings (SSSR count). The molecule has 2 aromatic rings. The molecule has 1 fully saturated rings. The van der Waals surface area contributed by atoms with Gasteiger partial charge in [0, 0.05) is 24.3 Å². The van der Waals surface area contributed by atoms with Crippen molar-refractivity contribution in [3.63, 3.8) is 0 Å². The number of carbonyl (C=O) groups is 2. The van der Waals surface area contributed by atoms with E-state index in [1.807, 2.05) is 30.3 Å². The molecule has 3 amide bonds. The van der Waals surface area contributed by atoms with Crippen LogP contribution < -0.4 is 15.5 Å². The molecule has 1 saturated heterocycles. The summed E-state index contributed by atoms with van der Waals surface area (Å²) in [4.78, 5) is 25.8. The summed E-state index contributed by atoms with van der Waals surface area (Å²) in [6.45, 7) is 0.403. The van der Waals surface area contributed by atoms with Crippen molar-refractivity contribution in [2.45, 2.75) is 12.5 Å². The van der Waals surface area contributed by atoms with E-state index in [0.29, 0.717) is 12.2 Å². The van der Waals surface area contributed by atoms with Crippen LogP contribution in [-0.4, -0.2) is 24.5 Å². The highest BCUT2D eigenvalue weighted by Crippen LogP contribution is 2.22. The van der Waals surface area contributed by atoms with E-state index in [2.05, 4.69) is 10.6 Å². The van der Waals surface area contributed by atoms with Gasteiger partial charge in [-0.2, -0.15) is 0 Å². The Hall–Kier alpha value is -2.60. The Morgan fingerprint density at radius 2 is 1.96 bits per heavy atom. The minimum Gasteiger partial charge on any atom is -0.333 e. The second kappa shape index (κ2) is 6.88. The van der Waals surface area contributed by atoms with Gasteiger partial charge in [-0.3, -0.25) is 4.79 Å². The van der Waals surface area contributed by atoms with Crippen molar-refractivity contribution in [3.8, 4) is 0 Å². The molecule has 7 heteroatoms. The van der Waals surface area contributed by atoms with Gasteiger partial charge in [0.05, 0.1) is 11.1 Å². The quantitative estimate of drug-likeness (QED) is 0.893. The van der Waals surface area contributed by atoms with Crippen LogP contribution in [0.5, 0.6) is 0 Å². The van der Waals surface area contributed by atoms with Gasteiger partial charge in [0.15, 0.2) is 0 Å². The molecular formula is C17H15ClFN3O2. The van der Waals surface area contributed by atoms with Gasteiger partial charge in [-0.1, -0.05) is 29.8 Å². The van der Waals surface area contributed by atoms with Crippen LogP contribution in [0.25, 0.3) is 0 Å². The molecular weight excluding hydrogens is 333 g/mol. The van der Waals surface area contributed by atoms with E-state index in [9.17, 15) is 14.0 Å². The first-order valence-corrected chi connectivity index (χ1v) is 7.79. The molecule has 1 aliphatic rings. The van der Waals surface area contributed by atoms with Crippen molar-refractivity contribution in [1.29, 1.82) is 0 Å². The highest BCUT2D eigenvalue weighted by molar-refractivity contribution is 6.31. The molecule has 0 bridgehead atoms. The predicted molar refractivity (Wildman–Crippen MR) is 90.8 cm³/mol. The smallest absolute Gasteiger partial charge is 0.319 e. The van der Waals surface area contributed by atoms with E-state index in [-0.39, 0.29) is 23.4 Å². The molecule has 124 valence electrons. The summed E-state index contributed by atoms with van der Waals surface area (Å²) in [6, 6.07) is 12.4. The Morgan fingerprint density at radius 3 is 2.67 bits per heavy atom. The molecule has 0 aliphatic carbocycles. The van der Waals surface area contributed by atoms with Gasteiger partial charge in [-0.05, 0) is 30.3 Å². The number of halogens is 2. The highest BCUT2D eigenvalue weighted by atomic mass is 35.5. The Bertz CT molecular complexity index is 770. The number of anilines is 2. The summed E-state index contributed by atoms with van der Waals surface area (Å²) in [5.74, 6) is -0.598. The number of urea groups is 1. The fraction of sp³-hybridized carbons (Fsp3) is 0.176. The molecule has 2 N–H and O–H groups in total. The van der Waals surface area contributed by atoms with Crippen LogP contribution in [0.4, 0.5) is 20.6 Å². The molecule has 2 aromatic carbocycles. The molecule has 0 saturated carbocycles. The molecule has 0 unspecified atom stereocenters. The standard InChI is InChI=1S/C17H15ClFN3O2/c18-14-8-11(6-7-15(14)19)20-17(24)21-12-9-16(23)22(10-12)13-4-2-1-3-5-13/h1-8,12H,9-10H2,(H2,20,21,24)/t12-/m0/s1. The number of hydrogen-bond acceptors (Lipinski definition) is 2. The largest absolute Gasteiger partial charge is 0.333 e. The van der Waals surface area contributed by atoms with Crippen molar-refractivity contribution in [2.24, 2.45) is 0 Å². The Balaban J connectivity index is 1.59. The third kappa shape index (κ3) is 3.65. The molecule has 0 aromatic heterocycles.